The second-order valence-corrected chi connectivity index (χ2v) is 7.25. The first-order valence-electron chi connectivity index (χ1n) is 7.94. The molecule has 0 saturated carbocycles. The maximum absolute atomic E-state index is 13.2. The smallest absolute Gasteiger partial charge is 0.335 e. The van der Waals surface area contributed by atoms with Crippen LogP contribution in [0.1, 0.15) is 32.3 Å². The Balaban J connectivity index is 1.93. The van der Waals surface area contributed by atoms with E-state index in [1.54, 1.807) is 18.2 Å². The minimum atomic E-state index is -1.23. The molecule has 0 amide bonds. The predicted molar refractivity (Wildman–Crippen MR) is 100.0 cm³/mol. The lowest BCUT2D eigenvalue weighted by Crippen LogP contribution is -2.11. The van der Waals surface area contributed by atoms with Gasteiger partial charge in [0.15, 0.2) is 0 Å². The van der Waals surface area contributed by atoms with Crippen molar-refractivity contribution >= 4 is 16.8 Å². The third kappa shape index (κ3) is 4.22. The second-order valence-electron chi connectivity index (χ2n) is 5.73. The zero-order chi connectivity index (χ0) is 17.6. The van der Waals surface area contributed by atoms with Gasteiger partial charge in [0.1, 0.15) is 0 Å². The van der Waals surface area contributed by atoms with Crippen molar-refractivity contribution in [2.45, 2.75) is 11.0 Å². The summed E-state index contributed by atoms with van der Waals surface area (Å²) in [5.74, 6) is -0.675. The number of carboxylic acids is 1. The molecule has 3 aromatic carbocycles. The van der Waals surface area contributed by atoms with Gasteiger partial charge < -0.3 is 5.11 Å². The van der Waals surface area contributed by atoms with Crippen LogP contribution < -0.4 is 0 Å². The van der Waals surface area contributed by atoms with Crippen molar-refractivity contribution in [2.24, 2.45) is 0 Å². The first-order valence-corrected chi connectivity index (χ1v) is 9.32. The van der Waals surface area contributed by atoms with Crippen molar-refractivity contribution in [1.82, 2.24) is 0 Å². The average molecular weight is 350 g/mol. The minimum Gasteiger partial charge on any atom is -0.478 e. The molecule has 0 radical (unpaired) electrons. The van der Waals surface area contributed by atoms with Crippen LogP contribution in [0.2, 0.25) is 0 Å². The van der Waals surface area contributed by atoms with Crippen molar-refractivity contribution in [1.29, 1.82) is 0 Å². The highest BCUT2D eigenvalue weighted by atomic mass is 32.2. The highest BCUT2D eigenvalue weighted by Crippen LogP contribution is 2.30. The molecule has 3 nitrogen and oxygen atoms in total. The average Bonchev–Trinajstić information content (AvgIpc) is 2.64. The van der Waals surface area contributed by atoms with Crippen molar-refractivity contribution < 1.29 is 14.1 Å². The molecule has 0 aliphatic carbocycles. The molecule has 0 aromatic heterocycles. The molecule has 0 spiro atoms. The van der Waals surface area contributed by atoms with Crippen molar-refractivity contribution in [3.05, 3.63) is 107 Å². The van der Waals surface area contributed by atoms with Gasteiger partial charge in [0.2, 0.25) is 0 Å². The van der Waals surface area contributed by atoms with Crippen molar-refractivity contribution in [2.75, 3.05) is 0 Å². The SMILES string of the molecule is O=C(O)c1cccc(CS(=O)C(c2ccccc2)c2ccccc2)c1. The summed E-state index contributed by atoms with van der Waals surface area (Å²) >= 11 is 0. The summed E-state index contributed by atoms with van der Waals surface area (Å²) < 4.78 is 13.2. The van der Waals surface area contributed by atoms with Crippen LogP contribution in [0.4, 0.5) is 0 Å². The third-order valence-electron chi connectivity index (χ3n) is 3.95. The van der Waals surface area contributed by atoms with Gasteiger partial charge in [-0.3, -0.25) is 4.21 Å². The Hall–Kier alpha value is -2.72. The van der Waals surface area contributed by atoms with Gasteiger partial charge in [-0.1, -0.05) is 72.8 Å². The van der Waals surface area contributed by atoms with Gasteiger partial charge in [-0.25, -0.2) is 4.79 Å². The quantitative estimate of drug-likeness (QED) is 0.716. The van der Waals surface area contributed by atoms with E-state index in [2.05, 4.69) is 0 Å². The van der Waals surface area contributed by atoms with E-state index in [0.717, 1.165) is 16.7 Å². The Morgan fingerprint density at radius 2 is 1.40 bits per heavy atom. The molecule has 0 aliphatic heterocycles. The third-order valence-corrected chi connectivity index (χ3v) is 5.64. The number of hydrogen-bond donors (Lipinski definition) is 1. The Morgan fingerprint density at radius 1 is 0.840 bits per heavy atom. The number of aromatic carboxylic acids is 1. The number of hydrogen-bond acceptors (Lipinski definition) is 2. The standard InChI is InChI=1S/C21H18O3S/c22-21(23)19-13-7-8-16(14-19)15-25(24)20(17-9-3-1-4-10-17)18-11-5-2-6-12-18/h1-14,20H,15H2,(H,22,23). The van der Waals surface area contributed by atoms with Gasteiger partial charge in [-0.05, 0) is 28.8 Å². The molecule has 0 saturated heterocycles. The van der Waals surface area contributed by atoms with E-state index in [0.29, 0.717) is 5.75 Å². The molecule has 4 heteroatoms. The minimum absolute atomic E-state index is 0.213. The zero-order valence-electron chi connectivity index (χ0n) is 13.5. The lowest BCUT2D eigenvalue weighted by Gasteiger charge is -2.18. The summed E-state index contributed by atoms with van der Waals surface area (Å²) in [6.45, 7) is 0. The summed E-state index contributed by atoms with van der Waals surface area (Å²) in [7, 11) is -1.23. The molecule has 1 N–H and O–H groups in total. The summed E-state index contributed by atoms with van der Waals surface area (Å²) in [6, 6.07) is 26.2. The molecule has 0 heterocycles. The van der Waals surface area contributed by atoms with Crippen LogP contribution in [-0.2, 0) is 16.6 Å². The van der Waals surface area contributed by atoms with Gasteiger partial charge in [0.25, 0.3) is 0 Å². The fraction of sp³-hybridized carbons (Fsp3) is 0.0952. The highest BCUT2D eigenvalue weighted by Gasteiger charge is 2.21. The molecule has 0 fully saturated rings. The Bertz CT molecular complexity index is 836. The maximum atomic E-state index is 13.2. The van der Waals surface area contributed by atoms with Gasteiger partial charge in [-0.15, -0.1) is 0 Å². The van der Waals surface area contributed by atoms with Gasteiger partial charge >= 0.3 is 5.97 Å². The molecule has 3 rings (SSSR count). The van der Waals surface area contributed by atoms with Crippen LogP contribution in [0.15, 0.2) is 84.9 Å². The first kappa shape index (κ1) is 17.1. The van der Waals surface area contributed by atoms with Crippen LogP contribution in [0.5, 0.6) is 0 Å². The molecule has 25 heavy (non-hydrogen) atoms. The molecular formula is C21H18O3S. The molecular weight excluding hydrogens is 332 g/mol. The van der Waals surface area contributed by atoms with E-state index in [1.807, 2.05) is 66.7 Å². The fourth-order valence-corrected chi connectivity index (χ4v) is 4.39. The van der Waals surface area contributed by atoms with Gasteiger partial charge in [0.05, 0.1) is 10.8 Å². The topological polar surface area (TPSA) is 54.4 Å². The van der Waals surface area contributed by atoms with Crippen LogP contribution in [0.3, 0.4) is 0 Å². The Kier molecular flexibility index (Phi) is 5.41. The molecule has 1 unspecified atom stereocenters. The molecule has 126 valence electrons. The van der Waals surface area contributed by atoms with Crippen LogP contribution in [0, 0.1) is 0 Å². The van der Waals surface area contributed by atoms with Gasteiger partial charge in [0, 0.05) is 16.6 Å². The monoisotopic (exact) mass is 350 g/mol. The summed E-state index contributed by atoms with van der Waals surface area (Å²) in [5, 5.41) is 8.88. The zero-order valence-corrected chi connectivity index (χ0v) is 14.4. The molecule has 1 atom stereocenters. The van der Waals surface area contributed by atoms with Crippen LogP contribution in [0.25, 0.3) is 0 Å². The number of carbonyl (C=O) groups is 1. The Labute approximate surface area is 149 Å². The van der Waals surface area contributed by atoms with Crippen LogP contribution >= 0.6 is 0 Å². The predicted octanol–water partition coefficient (Wildman–Crippen LogP) is 4.42. The molecule has 0 bridgehead atoms. The number of benzene rings is 3. The van der Waals surface area contributed by atoms with E-state index in [1.165, 1.54) is 0 Å². The molecule has 0 aliphatic rings. The van der Waals surface area contributed by atoms with E-state index in [9.17, 15) is 9.00 Å². The van der Waals surface area contributed by atoms with E-state index in [4.69, 9.17) is 5.11 Å². The van der Waals surface area contributed by atoms with E-state index >= 15 is 0 Å². The maximum Gasteiger partial charge on any atom is 0.335 e. The normalized spacial score (nSPS) is 12.0. The van der Waals surface area contributed by atoms with E-state index in [-0.39, 0.29) is 10.8 Å². The largest absolute Gasteiger partial charge is 0.478 e. The highest BCUT2D eigenvalue weighted by molar-refractivity contribution is 7.84. The number of rotatable bonds is 6. The Morgan fingerprint density at radius 3 is 1.92 bits per heavy atom. The summed E-state index contributed by atoms with van der Waals surface area (Å²) in [6.07, 6.45) is 0. The van der Waals surface area contributed by atoms with Gasteiger partial charge in [-0.2, -0.15) is 0 Å². The summed E-state index contributed by atoms with van der Waals surface area (Å²) in [5.41, 5.74) is 2.95. The van der Waals surface area contributed by atoms with Crippen molar-refractivity contribution in [3.8, 4) is 0 Å². The van der Waals surface area contributed by atoms with Crippen LogP contribution in [-0.4, -0.2) is 15.3 Å². The summed E-state index contributed by atoms with van der Waals surface area (Å²) in [4.78, 5) is 11.1. The lowest BCUT2D eigenvalue weighted by atomic mass is 10.0. The second kappa shape index (κ2) is 7.90. The van der Waals surface area contributed by atoms with Crippen molar-refractivity contribution in [3.63, 3.8) is 0 Å². The molecule has 3 aromatic rings. The lowest BCUT2D eigenvalue weighted by molar-refractivity contribution is 0.0696. The fourth-order valence-electron chi connectivity index (χ4n) is 2.79. The number of carboxylic acid groups (broad SMARTS) is 1. The first-order chi connectivity index (χ1) is 12.1. The van der Waals surface area contributed by atoms with E-state index < -0.39 is 16.8 Å².